The number of nitrogens with one attached hydrogen (secondary N) is 2. The first-order valence-corrected chi connectivity index (χ1v) is 8.96. The maximum atomic E-state index is 12.0. The van der Waals surface area contributed by atoms with E-state index in [9.17, 15) is 9.90 Å². The minimum Gasteiger partial charge on any atom is -0.497 e. The van der Waals surface area contributed by atoms with E-state index in [0.29, 0.717) is 17.9 Å². The highest BCUT2D eigenvalue weighted by Gasteiger charge is 2.10. The second kappa shape index (κ2) is 12.6. The average molecular weight is 368 g/mol. The lowest BCUT2D eigenvalue weighted by Gasteiger charge is -2.14. The third-order valence-corrected chi connectivity index (χ3v) is 3.78. The van der Waals surface area contributed by atoms with Crippen LogP contribution in [0.3, 0.4) is 0 Å². The molecule has 0 bridgehead atoms. The van der Waals surface area contributed by atoms with Crippen LogP contribution in [0.5, 0.6) is 5.75 Å². The Morgan fingerprint density at radius 3 is 2.60 bits per heavy atom. The van der Waals surface area contributed by atoms with Crippen molar-refractivity contribution in [2.45, 2.75) is 38.7 Å². The van der Waals surface area contributed by atoms with Gasteiger partial charge in [-0.25, -0.2) is 0 Å². The highest BCUT2D eigenvalue weighted by molar-refractivity contribution is 7.80. The molecule has 1 amide bonds. The molecule has 1 aromatic rings. The maximum Gasteiger partial charge on any atom is 0.257 e. The van der Waals surface area contributed by atoms with Crippen molar-refractivity contribution in [3.8, 4) is 5.75 Å². The summed E-state index contributed by atoms with van der Waals surface area (Å²) in [5, 5.41) is 15.4. The van der Waals surface area contributed by atoms with Gasteiger partial charge in [0.05, 0.1) is 19.8 Å². The number of aliphatic hydroxyl groups is 1. The summed E-state index contributed by atoms with van der Waals surface area (Å²) >= 11 is 5.06. The molecular weight excluding hydrogens is 340 g/mol. The Morgan fingerprint density at radius 2 is 1.96 bits per heavy atom. The van der Waals surface area contributed by atoms with Crippen LogP contribution in [0.15, 0.2) is 24.3 Å². The molecular formula is C18H28N2O4S. The van der Waals surface area contributed by atoms with Gasteiger partial charge in [0, 0.05) is 18.7 Å². The van der Waals surface area contributed by atoms with Gasteiger partial charge in [0.15, 0.2) is 5.11 Å². The molecule has 0 saturated heterocycles. The number of amides is 1. The number of rotatable bonds is 11. The summed E-state index contributed by atoms with van der Waals surface area (Å²) in [6, 6.07) is 6.70. The van der Waals surface area contributed by atoms with Gasteiger partial charge in [-0.1, -0.05) is 26.2 Å². The number of thiocarbonyl (C=S) groups is 1. The molecule has 0 fully saturated rings. The second-order valence-corrected chi connectivity index (χ2v) is 6.09. The molecule has 6 nitrogen and oxygen atoms in total. The van der Waals surface area contributed by atoms with Crippen LogP contribution >= 0.6 is 12.2 Å². The fraction of sp³-hybridized carbons (Fsp3) is 0.556. The fourth-order valence-electron chi connectivity index (χ4n) is 2.08. The number of hydrogen-bond donors (Lipinski definition) is 3. The lowest BCUT2D eigenvalue weighted by molar-refractivity contribution is 0.0375. The van der Waals surface area contributed by atoms with E-state index in [4.69, 9.17) is 21.7 Å². The minimum absolute atomic E-state index is 0.169. The summed E-state index contributed by atoms with van der Waals surface area (Å²) in [5.41, 5.74) is 0.473. The minimum atomic E-state index is -0.679. The molecule has 1 aromatic carbocycles. The highest BCUT2D eigenvalue weighted by Crippen LogP contribution is 2.10. The Balaban J connectivity index is 2.19. The SMILES string of the molecule is CCCCCCOC[C@@H](O)CNC(=S)NC(=O)c1ccc(OC)cc1. The molecule has 25 heavy (non-hydrogen) atoms. The molecule has 0 aliphatic rings. The maximum absolute atomic E-state index is 12.0. The summed E-state index contributed by atoms with van der Waals surface area (Å²) in [6.07, 6.45) is 3.86. The number of benzene rings is 1. The number of unbranched alkanes of at least 4 members (excludes halogenated alkanes) is 3. The van der Waals surface area contributed by atoms with Crippen molar-refractivity contribution < 1.29 is 19.4 Å². The summed E-state index contributed by atoms with van der Waals surface area (Å²) in [6.45, 7) is 3.27. The van der Waals surface area contributed by atoms with E-state index in [1.165, 1.54) is 12.8 Å². The fourth-order valence-corrected chi connectivity index (χ4v) is 2.26. The Hall–Kier alpha value is -1.70. The van der Waals surface area contributed by atoms with Crippen LogP contribution in [0.25, 0.3) is 0 Å². The normalized spacial score (nSPS) is 11.6. The Kier molecular flexibility index (Phi) is 10.8. The first-order valence-electron chi connectivity index (χ1n) is 8.55. The van der Waals surface area contributed by atoms with Gasteiger partial charge in [-0.3, -0.25) is 10.1 Å². The zero-order valence-corrected chi connectivity index (χ0v) is 15.7. The number of hydrogen-bond acceptors (Lipinski definition) is 5. The van der Waals surface area contributed by atoms with Crippen molar-refractivity contribution in [3.05, 3.63) is 29.8 Å². The third kappa shape index (κ3) is 9.38. The van der Waals surface area contributed by atoms with Crippen molar-refractivity contribution in [2.75, 3.05) is 26.9 Å². The molecule has 0 aromatic heterocycles. The van der Waals surface area contributed by atoms with E-state index in [0.717, 1.165) is 12.8 Å². The van der Waals surface area contributed by atoms with E-state index in [2.05, 4.69) is 17.6 Å². The van der Waals surface area contributed by atoms with Gasteiger partial charge in [-0.2, -0.15) is 0 Å². The highest BCUT2D eigenvalue weighted by atomic mass is 32.1. The number of ether oxygens (including phenoxy) is 2. The molecule has 0 aliphatic carbocycles. The van der Waals surface area contributed by atoms with Gasteiger partial charge in [-0.15, -0.1) is 0 Å². The van der Waals surface area contributed by atoms with Gasteiger partial charge in [0.25, 0.3) is 5.91 Å². The summed E-state index contributed by atoms with van der Waals surface area (Å²) < 4.78 is 10.5. The van der Waals surface area contributed by atoms with E-state index in [1.54, 1.807) is 31.4 Å². The zero-order valence-electron chi connectivity index (χ0n) is 14.9. The topological polar surface area (TPSA) is 79.8 Å². The molecule has 140 valence electrons. The molecule has 3 N–H and O–H groups in total. The second-order valence-electron chi connectivity index (χ2n) is 5.68. The lowest BCUT2D eigenvalue weighted by atomic mass is 10.2. The third-order valence-electron chi connectivity index (χ3n) is 3.53. The van der Waals surface area contributed by atoms with Crippen LogP contribution < -0.4 is 15.4 Å². The predicted octanol–water partition coefficient (Wildman–Crippen LogP) is 2.26. The molecule has 7 heteroatoms. The summed E-state index contributed by atoms with van der Waals surface area (Å²) in [5.74, 6) is 0.358. The van der Waals surface area contributed by atoms with Crippen molar-refractivity contribution in [1.82, 2.24) is 10.6 Å². The molecule has 0 spiro atoms. The molecule has 0 unspecified atom stereocenters. The standard InChI is InChI=1S/C18H28N2O4S/c1-3-4-5-6-11-24-13-15(21)12-19-18(25)20-17(22)14-7-9-16(23-2)10-8-14/h7-10,15,21H,3-6,11-13H2,1-2H3,(H2,19,20,22,25)/t15-/m0/s1. The van der Waals surface area contributed by atoms with Crippen LogP contribution in [0.1, 0.15) is 43.0 Å². The largest absolute Gasteiger partial charge is 0.497 e. The van der Waals surface area contributed by atoms with E-state index in [1.807, 2.05) is 0 Å². The Bertz CT molecular complexity index is 522. The molecule has 0 aliphatic heterocycles. The van der Waals surface area contributed by atoms with Crippen molar-refractivity contribution in [1.29, 1.82) is 0 Å². The van der Waals surface area contributed by atoms with E-state index >= 15 is 0 Å². The molecule has 0 saturated carbocycles. The zero-order chi connectivity index (χ0) is 18.5. The number of carbonyl (C=O) groups excluding carboxylic acids is 1. The van der Waals surface area contributed by atoms with Crippen LogP contribution in [0.4, 0.5) is 0 Å². The predicted molar refractivity (Wildman–Crippen MR) is 102 cm³/mol. The Labute approximate surface area is 154 Å². The van der Waals surface area contributed by atoms with Crippen LogP contribution in [-0.4, -0.2) is 49.1 Å². The monoisotopic (exact) mass is 368 g/mol. The Morgan fingerprint density at radius 1 is 1.24 bits per heavy atom. The molecule has 1 rings (SSSR count). The number of aliphatic hydroxyl groups excluding tert-OH is 1. The van der Waals surface area contributed by atoms with Crippen molar-refractivity contribution in [2.24, 2.45) is 0 Å². The van der Waals surface area contributed by atoms with Gasteiger partial charge in [0.1, 0.15) is 5.75 Å². The van der Waals surface area contributed by atoms with Crippen LogP contribution in [-0.2, 0) is 4.74 Å². The van der Waals surface area contributed by atoms with Crippen LogP contribution in [0.2, 0.25) is 0 Å². The van der Waals surface area contributed by atoms with Crippen molar-refractivity contribution in [3.63, 3.8) is 0 Å². The van der Waals surface area contributed by atoms with Crippen molar-refractivity contribution >= 4 is 23.2 Å². The summed E-state index contributed by atoms with van der Waals surface area (Å²) in [7, 11) is 1.56. The van der Waals surface area contributed by atoms with E-state index < -0.39 is 6.10 Å². The van der Waals surface area contributed by atoms with E-state index in [-0.39, 0.29) is 24.2 Å². The van der Waals surface area contributed by atoms with Gasteiger partial charge < -0.3 is 19.9 Å². The van der Waals surface area contributed by atoms with Crippen LogP contribution in [0, 0.1) is 0 Å². The van der Waals surface area contributed by atoms with Gasteiger partial charge >= 0.3 is 0 Å². The quantitative estimate of drug-likeness (QED) is 0.411. The first-order chi connectivity index (χ1) is 12.1. The molecule has 0 heterocycles. The molecule has 1 atom stereocenters. The smallest absolute Gasteiger partial charge is 0.257 e. The summed E-state index contributed by atoms with van der Waals surface area (Å²) in [4.78, 5) is 12.0. The van der Waals surface area contributed by atoms with Gasteiger partial charge in [-0.05, 0) is 42.9 Å². The molecule has 0 radical (unpaired) electrons. The lowest BCUT2D eigenvalue weighted by Crippen LogP contribution is -2.43. The first kappa shape index (κ1) is 21.3. The average Bonchev–Trinajstić information content (AvgIpc) is 2.63. The number of methoxy groups -OCH3 is 1. The van der Waals surface area contributed by atoms with Gasteiger partial charge in [0.2, 0.25) is 0 Å². The number of carbonyl (C=O) groups is 1.